The van der Waals surface area contributed by atoms with Crippen molar-refractivity contribution in [1.29, 1.82) is 0 Å². The topological polar surface area (TPSA) is 77.8 Å². The molecule has 0 saturated heterocycles. The van der Waals surface area contributed by atoms with Gasteiger partial charge in [-0.3, -0.25) is 4.57 Å². The van der Waals surface area contributed by atoms with Gasteiger partial charge in [-0.2, -0.15) is 0 Å². The van der Waals surface area contributed by atoms with E-state index in [1.54, 1.807) is 0 Å². The fourth-order valence-corrected chi connectivity index (χ4v) is 0.817. The Bertz CT molecular complexity index is 175. The summed E-state index contributed by atoms with van der Waals surface area (Å²) in [5.41, 5.74) is 0. The molecule has 0 bridgehead atoms. The Kier molecular flexibility index (Phi) is 4.52. The molecule has 0 saturated carbocycles. The Morgan fingerprint density at radius 1 is 1.55 bits per heavy atom. The van der Waals surface area contributed by atoms with Gasteiger partial charge in [0.2, 0.25) is 0 Å². The fraction of sp³-hybridized carbons (Fsp3) is 0.600. The second-order valence-electron chi connectivity index (χ2n) is 1.99. The average molecular weight is 184 g/mol. The van der Waals surface area contributed by atoms with Crippen LogP contribution in [0.2, 0.25) is 0 Å². The van der Waals surface area contributed by atoms with Crippen LogP contribution in [0, 0.1) is 0 Å². The van der Waals surface area contributed by atoms with Crippen molar-refractivity contribution >= 4 is 7.60 Å². The summed E-state index contributed by atoms with van der Waals surface area (Å²) >= 11 is 0. The van der Waals surface area contributed by atoms with E-state index in [1.165, 1.54) is 0 Å². The number of rotatable bonds is 4. The molecule has 0 aromatic heterocycles. The first-order chi connectivity index (χ1) is 4.95. The van der Waals surface area contributed by atoms with E-state index in [2.05, 4.69) is 0 Å². The summed E-state index contributed by atoms with van der Waals surface area (Å²) in [5.74, 6) is 0.620. The van der Waals surface area contributed by atoms with Crippen molar-refractivity contribution in [2.24, 2.45) is 0 Å². The smallest absolute Gasteiger partial charge is 0.348 e. The van der Waals surface area contributed by atoms with E-state index in [0.29, 0.717) is 5.82 Å². The molecule has 4 nitrogen and oxygen atoms in total. The lowest BCUT2D eigenvalue weighted by Gasteiger charge is -1.98. The molecule has 0 aromatic carbocycles. The maximum Gasteiger partial charge on any atom is 0.348 e. The van der Waals surface area contributed by atoms with Crippen LogP contribution < -0.4 is 0 Å². The Morgan fingerprint density at radius 2 is 2.09 bits per heavy atom. The molecule has 0 aliphatic rings. The van der Waals surface area contributed by atoms with Gasteiger partial charge in [0.25, 0.3) is 0 Å². The van der Waals surface area contributed by atoms with Gasteiger partial charge >= 0.3 is 7.60 Å². The number of allylic oxidation sites excluding steroid dienone is 1. The van der Waals surface area contributed by atoms with Crippen molar-refractivity contribution < 1.29 is 23.8 Å². The fourth-order valence-electron chi connectivity index (χ4n) is 0.420. The lowest BCUT2D eigenvalue weighted by molar-refractivity contribution is 0.179. The molecule has 6 heteroatoms. The van der Waals surface area contributed by atoms with Crippen molar-refractivity contribution in [1.82, 2.24) is 0 Å². The molecule has 0 radical (unpaired) electrons. The van der Waals surface area contributed by atoms with Crippen LogP contribution in [0.25, 0.3) is 0 Å². The molecule has 0 rings (SSSR count). The zero-order valence-electron chi connectivity index (χ0n) is 5.72. The largest absolute Gasteiger partial charge is 0.393 e. The van der Waals surface area contributed by atoms with Crippen LogP contribution in [0.15, 0.2) is 11.9 Å². The predicted molar refractivity (Wildman–Crippen MR) is 37.8 cm³/mol. The molecule has 0 aromatic rings. The highest BCUT2D eigenvalue weighted by Crippen LogP contribution is 2.36. The molecule has 0 heterocycles. The van der Waals surface area contributed by atoms with Crippen LogP contribution in [0.4, 0.5) is 4.39 Å². The first-order valence-corrected chi connectivity index (χ1v) is 4.61. The maximum absolute atomic E-state index is 12.2. The first-order valence-electron chi connectivity index (χ1n) is 2.93. The average Bonchev–Trinajstić information content (AvgIpc) is 1.85. The summed E-state index contributed by atoms with van der Waals surface area (Å²) in [6.07, 6.45) is -0.610. The standard InChI is InChI=1S/C5H10FO4P/c6-5(4-7)2-1-3-11(8,9)10/h1,3,5,7H,2,4H2,(H2,8,9,10). The number of hydrogen-bond donors (Lipinski definition) is 3. The van der Waals surface area contributed by atoms with Gasteiger partial charge in [0.1, 0.15) is 6.17 Å². The van der Waals surface area contributed by atoms with Crippen LogP contribution in [-0.4, -0.2) is 27.7 Å². The Balaban J connectivity index is 3.70. The second-order valence-corrected chi connectivity index (χ2v) is 3.47. The molecule has 11 heavy (non-hydrogen) atoms. The van der Waals surface area contributed by atoms with Crippen LogP contribution in [0.3, 0.4) is 0 Å². The SMILES string of the molecule is O=P(O)(O)C=CCC(F)CO. The monoisotopic (exact) mass is 184 g/mol. The molecule has 66 valence electrons. The number of hydrogen-bond acceptors (Lipinski definition) is 2. The number of halogens is 1. The van der Waals surface area contributed by atoms with Gasteiger partial charge in [-0.05, 0) is 6.42 Å². The third-order valence-corrected chi connectivity index (χ3v) is 1.49. The predicted octanol–water partition coefficient (Wildman–Crippen LogP) is 0.398. The van der Waals surface area contributed by atoms with Gasteiger partial charge in [-0.25, -0.2) is 4.39 Å². The molecule has 1 unspecified atom stereocenters. The highest BCUT2D eigenvalue weighted by atomic mass is 31.2. The van der Waals surface area contributed by atoms with E-state index in [1.807, 2.05) is 0 Å². The van der Waals surface area contributed by atoms with E-state index >= 15 is 0 Å². The van der Waals surface area contributed by atoms with E-state index in [9.17, 15) is 8.96 Å². The Labute approximate surface area is 63.5 Å². The van der Waals surface area contributed by atoms with Crippen LogP contribution in [-0.2, 0) is 4.57 Å². The first kappa shape index (κ1) is 10.8. The number of aliphatic hydroxyl groups is 1. The highest BCUT2D eigenvalue weighted by molar-refractivity contribution is 7.55. The number of alkyl halides is 1. The second kappa shape index (κ2) is 4.62. The van der Waals surface area contributed by atoms with Crippen molar-refractivity contribution in [3.63, 3.8) is 0 Å². The third kappa shape index (κ3) is 7.68. The highest BCUT2D eigenvalue weighted by Gasteiger charge is 2.06. The van der Waals surface area contributed by atoms with Gasteiger partial charge in [-0.15, -0.1) is 0 Å². The lowest BCUT2D eigenvalue weighted by atomic mass is 10.3. The van der Waals surface area contributed by atoms with E-state index in [4.69, 9.17) is 14.9 Å². The molecule has 0 aliphatic carbocycles. The molecule has 3 N–H and O–H groups in total. The molecule has 0 aliphatic heterocycles. The summed E-state index contributed by atoms with van der Waals surface area (Å²) in [5, 5.41) is 8.16. The van der Waals surface area contributed by atoms with Crippen molar-refractivity contribution in [3.8, 4) is 0 Å². The molecule has 0 fully saturated rings. The zero-order valence-corrected chi connectivity index (χ0v) is 6.62. The quantitative estimate of drug-likeness (QED) is 0.552. The number of aliphatic hydroxyl groups excluding tert-OH is 1. The van der Waals surface area contributed by atoms with Crippen molar-refractivity contribution in [3.05, 3.63) is 11.9 Å². The van der Waals surface area contributed by atoms with E-state index in [0.717, 1.165) is 6.08 Å². The summed E-state index contributed by atoms with van der Waals surface area (Å²) in [6.45, 7) is -0.633. The molecule has 0 spiro atoms. The Hall–Kier alpha value is -0.220. The van der Waals surface area contributed by atoms with Crippen LogP contribution >= 0.6 is 7.60 Å². The van der Waals surface area contributed by atoms with Gasteiger partial charge < -0.3 is 14.9 Å². The van der Waals surface area contributed by atoms with Gasteiger partial charge in [0, 0.05) is 5.82 Å². The summed E-state index contributed by atoms with van der Waals surface area (Å²) in [6, 6.07) is 0. The molecule has 0 amide bonds. The summed E-state index contributed by atoms with van der Waals surface area (Å²) < 4.78 is 22.3. The third-order valence-electron chi connectivity index (χ3n) is 0.890. The minimum Gasteiger partial charge on any atom is -0.393 e. The minimum absolute atomic E-state index is 0.179. The Morgan fingerprint density at radius 3 is 2.45 bits per heavy atom. The summed E-state index contributed by atoms with van der Waals surface area (Å²) in [4.78, 5) is 16.5. The van der Waals surface area contributed by atoms with Gasteiger partial charge in [-0.1, -0.05) is 6.08 Å². The lowest BCUT2D eigenvalue weighted by Crippen LogP contribution is -2.03. The zero-order chi connectivity index (χ0) is 8.91. The van der Waals surface area contributed by atoms with Crippen molar-refractivity contribution in [2.75, 3.05) is 6.61 Å². The maximum atomic E-state index is 12.2. The molecular formula is C5H10FO4P. The van der Waals surface area contributed by atoms with E-state index in [-0.39, 0.29) is 6.42 Å². The minimum atomic E-state index is -4.16. The van der Waals surface area contributed by atoms with Crippen LogP contribution in [0.5, 0.6) is 0 Å². The van der Waals surface area contributed by atoms with Crippen LogP contribution in [0.1, 0.15) is 6.42 Å². The van der Waals surface area contributed by atoms with Gasteiger partial charge in [0.05, 0.1) is 6.61 Å². The van der Waals surface area contributed by atoms with Crippen molar-refractivity contribution in [2.45, 2.75) is 12.6 Å². The van der Waals surface area contributed by atoms with E-state index < -0.39 is 20.4 Å². The molecule has 1 atom stereocenters. The summed E-state index contributed by atoms with van der Waals surface area (Å²) in [7, 11) is -4.16. The van der Waals surface area contributed by atoms with Gasteiger partial charge in [0.15, 0.2) is 0 Å². The molecular weight excluding hydrogens is 174 g/mol. The normalized spacial score (nSPS) is 15.6.